The van der Waals surface area contributed by atoms with Crippen LogP contribution in [-0.4, -0.2) is 39.3 Å². The van der Waals surface area contributed by atoms with Gasteiger partial charge in [-0.2, -0.15) is 0 Å². The quantitative estimate of drug-likeness (QED) is 0.455. The van der Waals surface area contributed by atoms with Gasteiger partial charge < -0.3 is 15.4 Å². The maximum atomic E-state index is 5.01. The molecule has 1 rings (SSSR count). The molecule has 0 spiro atoms. The fraction of sp³-hybridized carbons (Fsp3) is 0.562. The second-order valence-corrected chi connectivity index (χ2v) is 4.93. The maximum absolute atomic E-state index is 5.01. The molecule has 4 heteroatoms. The van der Waals surface area contributed by atoms with Crippen LogP contribution in [0.15, 0.2) is 23.2 Å². The van der Waals surface area contributed by atoms with Crippen molar-refractivity contribution < 1.29 is 4.74 Å². The molecule has 0 aliphatic heterocycles. The van der Waals surface area contributed by atoms with Crippen molar-refractivity contribution in [3.05, 3.63) is 34.9 Å². The average Bonchev–Trinajstić information content (AvgIpc) is 2.38. The predicted octanol–water partition coefficient (Wildman–Crippen LogP) is 2.05. The highest BCUT2D eigenvalue weighted by Gasteiger charge is 1.99. The number of hydrogen-bond acceptors (Lipinski definition) is 2. The minimum absolute atomic E-state index is 0.646. The fourth-order valence-electron chi connectivity index (χ4n) is 2.13. The number of benzene rings is 1. The van der Waals surface area contributed by atoms with Crippen molar-refractivity contribution in [1.82, 2.24) is 10.6 Å². The van der Waals surface area contributed by atoms with E-state index >= 15 is 0 Å². The molecule has 4 nitrogen and oxygen atoms in total. The van der Waals surface area contributed by atoms with Gasteiger partial charge in [-0.05, 0) is 32.8 Å². The zero-order chi connectivity index (χ0) is 14.8. The van der Waals surface area contributed by atoms with Crippen molar-refractivity contribution in [3.8, 4) is 0 Å². The monoisotopic (exact) mass is 277 g/mol. The van der Waals surface area contributed by atoms with Gasteiger partial charge >= 0.3 is 0 Å². The summed E-state index contributed by atoms with van der Waals surface area (Å²) in [5, 5.41) is 6.58. The van der Waals surface area contributed by atoms with E-state index in [0.29, 0.717) is 13.2 Å². The largest absolute Gasteiger partial charge is 0.383 e. The number of nitrogens with one attached hydrogen (secondary N) is 2. The van der Waals surface area contributed by atoms with Gasteiger partial charge in [-0.15, -0.1) is 0 Å². The molecule has 0 aliphatic carbocycles. The van der Waals surface area contributed by atoms with Gasteiger partial charge in [0, 0.05) is 20.2 Å². The van der Waals surface area contributed by atoms with Gasteiger partial charge in [0.1, 0.15) is 0 Å². The SMILES string of the molecule is CCNC(=NCCOC)NCCc1cc(C)cc(C)c1. The Kier molecular flexibility index (Phi) is 7.73. The summed E-state index contributed by atoms with van der Waals surface area (Å²) in [6.45, 7) is 9.41. The summed E-state index contributed by atoms with van der Waals surface area (Å²) >= 11 is 0. The summed E-state index contributed by atoms with van der Waals surface area (Å²) in [4.78, 5) is 4.44. The van der Waals surface area contributed by atoms with Crippen molar-refractivity contribution in [2.75, 3.05) is 33.4 Å². The Morgan fingerprint density at radius 1 is 1.15 bits per heavy atom. The van der Waals surface area contributed by atoms with Gasteiger partial charge in [-0.3, -0.25) is 4.99 Å². The molecular weight excluding hydrogens is 250 g/mol. The third-order valence-electron chi connectivity index (χ3n) is 2.90. The highest BCUT2D eigenvalue weighted by molar-refractivity contribution is 5.79. The van der Waals surface area contributed by atoms with Crippen LogP contribution in [-0.2, 0) is 11.2 Å². The Morgan fingerprint density at radius 2 is 1.85 bits per heavy atom. The average molecular weight is 277 g/mol. The molecule has 112 valence electrons. The van der Waals surface area contributed by atoms with E-state index in [1.54, 1.807) is 7.11 Å². The van der Waals surface area contributed by atoms with Gasteiger partial charge in [0.2, 0.25) is 0 Å². The zero-order valence-electron chi connectivity index (χ0n) is 13.1. The van der Waals surface area contributed by atoms with Crippen LogP contribution >= 0.6 is 0 Å². The molecule has 0 saturated heterocycles. The number of nitrogens with zero attached hydrogens (tertiary/aromatic N) is 1. The number of aryl methyl sites for hydroxylation is 2. The number of rotatable bonds is 7. The highest BCUT2D eigenvalue weighted by Crippen LogP contribution is 2.08. The first-order valence-corrected chi connectivity index (χ1v) is 7.24. The van der Waals surface area contributed by atoms with Crippen LogP contribution in [0.2, 0.25) is 0 Å². The molecule has 0 radical (unpaired) electrons. The van der Waals surface area contributed by atoms with Crippen molar-refractivity contribution in [2.24, 2.45) is 4.99 Å². The summed E-state index contributed by atoms with van der Waals surface area (Å²) in [6.07, 6.45) is 0.997. The smallest absolute Gasteiger partial charge is 0.191 e. The number of methoxy groups -OCH3 is 1. The van der Waals surface area contributed by atoms with Gasteiger partial charge in [0.05, 0.1) is 13.2 Å². The van der Waals surface area contributed by atoms with Crippen molar-refractivity contribution >= 4 is 5.96 Å². The molecule has 0 atom stereocenters. The van der Waals surface area contributed by atoms with E-state index in [2.05, 4.69) is 54.6 Å². The molecule has 1 aromatic rings. The maximum Gasteiger partial charge on any atom is 0.191 e. The normalized spacial score (nSPS) is 11.5. The van der Waals surface area contributed by atoms with Crippen LogP contribution in [0.4, 0.5) is 0 Å². The molecule has 2 N–H and O–H groups in total. The lowest BCUT2D eigenvalue weighted by atomic mass is 10.1. The first-order valence-electron chi connectivity index (χ1n) is 7.24. The molecule has 0 amide bonds. The highest BCUT2D eigenvalue weighted by atomic mass is 16.5. The van der Waals surface area contributed by atoms with Gasteiger partial charge in [-0.1, -0.05) is 29.3 Å². The molecule has 0 fully saturated rings. The fourth-order valence-corrected chi connectivity index (χ4v) is 2.13. The topological polar surface area (TPSA) is 45.7 Å². The Hall–Kier alpha value is -1.55. The number of ether oxygens (including phenoxy) is 1. The molecule has 0 bridgehead atoms. The summed E-state index contributed by atoms with van der Waals surface area (Å²) in [7, 11) is 1.69. The van der Waals surface area contributed by atoms with E-state index in [-0.39, 0.29) is 0 Å². The Bertz CT molecular complexity index is 409. The lowest BCUT2D eigenvalue weighted by molar-refractivity contribution is 0.208. The standard InChI is InChI=1S/C16H27N3O/c1-5-17-16(19-8-9-20-4)18-7-6-15-11-13(2)10-14(3)12-15/h10-12H,5-9H2,1-4H3,(H2,17,18,19). The third kappa shape index (κ3) is 6.57. The Balaban J connectivity index is 2.44. The first-order chi connectivity index (χ1) is 9.65. The predicted molar refractivity (Wildman–Crippen MR) is 85.5 cm³/mol. The summed E-state index contributed by atoms with van der Waals surface area (Å²) < 4.78 is 5.01. The summed E-state index contributed by atoms with van der Waals surface area (Å²) in [5.41, 5.74) is 4.00. The van der Waals surface area contributed by atoms with E-state index < -0.39 is 0 Å². The second-order valence-electron chi connectivity index (χ2n) is 4.93. The van der Waals surface area contributed by atoms with Crippen LogP contribution in [0.25, 0.3) is 0 Å². The van der Waals surface area contributed by atoms with E-state index in [0.717, 1.165) is 25.5 Å². The molecule has 1 aromatic carbocycles. The third-order valence-corrected chi connectivity index (χ3v) is 2.90. The molecule has 0 aromatic heterocycles. The van der Waals surface area contributed by atoms with Crippen molar-refractivity contribution in [2.45, 2.75) is 27.2 Å². The Morgan fingerprint density at radius 3 is 2.45 bits per heavy atom. The molecule has 20 heavy (non-hydrogen) atoms. The van der Waals surface area contributed by atoms with E-state index in [4.69, 9.17) is 4.74 Å². The number of aliphatic imine (C=N–C) groups is 1. The van der Waals surface area contributed by atoms with Crippen LogP contribution < -0.4 is 10.6 Å². The lowest BCUT2D eigenvalue weighted by Gasteiger charge is -2.11. The van der Waals surface area contributed by atoms with Crippen LogP contribution in [0.5, 0.6) is 0 Å². The number of hydrogen-bond donors (Lipinski definition) is 2. The van der Waals surface area contributed by atoms with E-state index in [9.17, 15) is 0 Å². The summed E-state index contributed by atoms with van der Waals surface area (Å²) in [6, 6.07) is 6.68. The summed E-state index contributed by atoms with van der Waals surface area (Å²) in [5.74, 6) is 0.855. The first kappa shape index (κ1) is 16.5. The van der Waals surface area contributed by atoms with Crippen LogP contribution in [0.3, 0.4) is 0 Å². The molecule has 0 saturated carbocycles. The van der Waals surface area contributed by atoms with Gasteiger partial charge in [0.15, 0.2) is 5.96 Å². The van der Waals surface area contributed by atoms with Gasteiger partial charge in [0.25, 0.3) is 0 Å². The molecular formula is C16H27N3O. The molecule has 0 heterocycles. The van der Waals surface area contributed by atoms with E-state index in [1.807, 2.05) is 0 Å². The van der Waals surface area contributed by atoms with Crippen molar-refractivity contribution in [3.63, 3.8) is 0 Å². The molecule has 0 aliphatic rings. The second kappa shape index (κ2) is 9.37. The minimum Gasteiger partial charge on any atom is -0.383 e. The molecule has 0 unspecified atom stereocenters. The zero-order valence-corrected chi connectivity index (χ0v) is 13.1. The lowest BCUT2D eigenvalue weighted by Crippen LogP contribution is -2.38. The van der Waals surface area contributed by atoms with Crippen LogP contribution in [0.1, 0.15) is 23.6 Å². The Labute approximate surface area is 122 Å². The van der Waals surface area contributed by atoms with Gasteiger partial charge in [-0.25, -0.2) is 0 Å². The number of guanidine groups is 1. The van der Waals surface area contributed by atoms with Crippen molar-refractivity contribution in [1.29, 1.82) is 0 Å². The van der Waals surface area contributed by atoms with E-state index in [1.165, 1.54) is 16.7 Å². The minimum atomic E-state index is 0.646. The van der Waals surface area contributed by atoms with Crippen LogP contribution in [0, 0.1) is 13.8 Å².